The standard InChI is InChI=1S/C14H14N2S/c15-9-11-5-7-13(8-6-11)16-10-12-3-1-2-4-14(12)17-16/h1-8H,9-10,15H2. The molecule has 0 aliphatic carbocycles. The van der Waals surface area contributed by atoms with Crippen molar-refractivity contribution >= 4 is 17.6 Å². The third-order valence-corrected chi connectivity index (χ3v) is 4.11. The van der Waals surface area contributed by atoms with E-state index in [2.05, 4.69) is 52.8 Å². The molecule has 2 nitrogen and oxygen atoms in total. The quantitative estimate of drug-likeness (QED) is 0.820. The van der Waals surface area contributed by atoms with Gasteiger partial charge in [-0.15, -0.1) is 0 Å². The Morgan fingerprint density at radius 2 is 1.82 bits per heavy atom. The predicted octanol–water partition coefficient (Wildman–Crippen LogP) is 3.17. The third-order valence-electron chi connectivity index (χ3n) is 2.96. The molecule has 0 atom stereocenters. The topological polar surface area (TPSA) is 29.3 Å². The van der Waals surface area contributed by atoms with Gasteiger partial charge in [-0.1, -0.05) is 30.3 Å². The summed E-state index contributed by atoms with van der Waals surface area (Å²) < 4.78 is 2.31. The van der Waals surface area contributed by atoms with Gasteiger partial charge in [-0.3, -0.25) is 0 Å². The van der Waals surface area contributed by atoms with Gasteiger partial charge in [-0.2, -0.15) is 0 Å². The number of rotatable bonds is 2. The largest absolute Gasteiger partial charge is 0.326 e. The van der Waals surface area contributed by atoms with Crippen LogP contribution in [0.4, 0.5) is 5.69 Å². The first-order chi connectivity index (χ1) is 8.36. The van der Waals surface area contributed by atoms with Gasteiger partial charge in [0.15, 0.2) is 0 Å². The summed E-state index contributed by atoms with van der Waals surface area (Å²) in [6, 6.07) is 17.0. The monoisotopic (exact) mass is 242 g/mol. The number of nitrogens with two attached hydrogens (primary N) is 1. The molecule has 2 aromatic rings. The normalized spacial score (nSPS) is 13.8. The summed E-state index contributed by atoms with van der Waals surface area (Å²) in [5, 5.41) is 0. The highest BCUT2D eigenvalue weighted by Gasteiger charge is 2.19. The van der Waals surface area contributed by atoms with Gasteiger partial charge in [-0.05, 0) is 41.3 Å². The van der Waals surface area contributed by atoms with Crippen molar-refractivity contribution < 1.29 is 0 Å². The number of fused-ring (bicyclic) bond motifs is 1. The fourth-order valence-electron chi connectivity index (χ4n) is 1.97. The van der Waals surface area contributed by atoms with Crippen molar-refractivity contribution in [2.75, 3.05) is 4.31 Å². The Morgan fingerprint density at radius 3 is 2.53 bits per heavy atom. The second-order valence-corrected chi connectivity index (χ2v) is 5.17. The zero-order valence-electron chi connectivity index (χ0n) is 9.47. The predicted molar refractivity (Wildman–Crippen MR) is 72.8 cm³/mol. The lowest BCUT2D eigenvalue weighted by molar-refractivity contribution is 1.05. The van der Waals surface area contributed by atoms with Crippen molar-refractivity contribution in [1.29, 1.82) is 0 Å². The molecule has 1 aliphatic heterocycles. The molecule has 0 radical (unpaired) electrons. The van der Waals surface area contributed by atoms with Gasteiger partial charge in [-0.25, -0.2) is 0 Å². The molecular weight excluding hydrogens is 228 g/mol. The maximum absolute atomic E-state index is 5.60. The van der Waals surface area contributed by atoms with Crippen molar-refractivity contribution in [3.05, 3.63) is 59.7 Å². The van der Waals surface area contributed by atoms with Crippen LogP contribution in [-0.4, -0.2) is 0 Å². The number of benzene rings is 2. The lowest BCUT2D eigenvalue weighted by Gasteiger charge is -2.16. The molecule has 0 spiro atoms. The summed E-state index contributed by atoms with van der Waals surface area (Å²) in [7, 11) is 0. The van der Waals surface area contributed by atoms with Crippen LogP contribution in [0.2, 0.25) is 0 Å². The van der Waals surface area contributed by atoms with Crippen molar-refractivity contribution in [3.63, 3.8) is 0 Å². The SMILES string of the molecule is NCc1ccc(N2Cc3ccccc3S2)cc1. The van der Waals surface area contributed by atoms with Crippen LogP contribution in [0, 0.1) is 0 Å². The van der Waals surface area contributed by atoms with E-state index < -0.39 is 0 Å². The lowest BCUT2D eigenvalue weighted by atomic mass is 10.2. The molecule has 3 rings (SSSR count). The molecule has 1 heterocycles. The molecular formula is C14H14N2S. The molecule has 2 N–H and O–H groups in total. The minimum atomic E-state index is 0.605. The molecule has 2 aromatic carbocycles. The molecule has 3 heteroatoms. The van der Waals surface area contributed by atoms with Crippen molar-refractivity contribution in [3.8, 4) is 0 Å². The minimum Gasteiger partial charge on any atom is -0.326 e. The van der Waals surface area contributed by atoms with Crippen LogP contribution in [-0.2, 0) is 13.1 Å². The van der Waals surface area contributed by atoms with Gasteiger partial charge < -0.3 is 10.0 Å². The Balaban J connectivity index is 1.83. The average molecular weight is 242 g/mol. The number of nitrogens with zero attached hydrogens (tertiary/aromatic N) is 1. The highest BCUT2D eigenvalue weighted by atomic mass is 32.2. The fraction of sp³-hybridized carbons (Fsp3) is 0.143. The highest BCUT2D eigenvalue weighted by molar-refractivity contribution is 8.01. The van der Waals surface area contributed by atoms with E-state index in [0.29, 0.717) is 6.54 Å². The van der Waals surface area contributed by atoms with Crippen LogP contribution in [0.5, 0.6) is 0 Å². The summed E-state index contributed by atoms with van der Waals surface area (Å²) in [6.45, 7) is 1.58. The lowest BCUT2D eigenvalue weighted by Crippen LogP contribution is -2.07. The highest BCUT2D eigenvalue weighted by Crippen LogP contribution is 2.39. The zero-order chi connectivity index (χ0) is 11.7. The maximum atomic E-state index is 5.60. The summed E-state index contributed by atoms with van der Waals surface area (Å²) in [5.74, 6) is 0. The van der Waals surface area contributed by atoms with E-state index in [1.807, 2.05) is 0 Å². The Kier molecular flexibility index (Phi) is 2.79. The van der Waals surface area contributed by atoms with E-state index in [-0.39, 0.29) is 0 Å². The Hall–Kier alpha value is -1.45. The van der Waals surface area contributed by atoms with Gasteiger partial charge in [0.05, 0.1) is 6.54 Å². The van der Waals surface area contributed by atoms with Crippen LogP contribution in [0.1, 0.15) is 11.1 Å². The van der Waals surface area contributed by atoms with Crippen molar-refractivity contribution in [2.24, 2.45) is 5.73 Å². The van der Waals surface area contributed by atoms with Gasteiger partial charge in [0, 0.05) is 17.1 Å². The molecule has 0 saturated carbocycles. The smallest absolute Gasteiger partial charge is 0.0561 e. The van der Waals surface area contributed by atoms with E-state index in [0.717, 1.165) is 6.54 Å². The molecule has 17 heavy (non-hydrogen) atoms. The molecule has 0 fully saturated rings. The second-order valence-electron chi connectivity index (χ2n) is 4.11. The third kappa shape index (κ3) is 2.04. The molecule has 0 unspecified atom stereocenters. The maximum Gasteiger partial charge on any atom is 0.0561 e. The van der Waals surface area contributed by atoms with Crippen molar-refractivity contribution in [1.82, 2.24) is 0 Å². The number of hydrogen-bond acceptors (Lipinski definition) is 3. The van der Waals surface area contributed by atoms with E-state index in [4.69, 9.17) is 5.73 Å². The summed E-state index contributed by atoms with van der Waals surface area (Å²) in [4.78, 5) is 1.36. The van der Waals surface area contributed by atoms with Crippen LogP contribution in [0.3, 0.4) is 0 Å². The fourth-order valence-corrected chi connectivity index (χ4v) is 3.03. The van der Waals surface area contributed by atoms with Crippen LogP contribution >= 0.6 is 11.9 Å². The number of hydrogen-bond donors (Lipinski definition) is 1. The zero-order valence-corrected chi connectivity index (χ0v) is 10.3. The van der Waals surface area contributed by atoms with E-state index in [1.165, 1.54) is 21.7 Å². The minimum absolute atomic E-state index is 0.605. The van der Waals surface area contributed by atoms with Crippen molar-refractivity contribution in [2.45, 2.75) is 18.0 Å². The summed E-state index contributed by atoms with van der Waals surface area (Å²) >= 11 is 1.80. The Morgan fingerprint density at radius 1 is 1.06 bits per heavy atom. The van der Waals surface area contributed by atoms with E-state index in [1.54, 1.807) is 11.9 Å². The molecule has 0 bridgehead atoms. The van der Waals surface area contributed by atoms with Gasteiger partial charge in [0.1, 0.15) is 0 Å². The van der Waals surface area contributed by atoms with Gasteiger partial charge in [0.25, 0.3) is 0 Å². The number of anilines is 1. The first kappa shape index (κ1) is 10.7. The van der Waals surface area contributed by atoms with Gasteiger partial charge >= 0.3 is 0 Å². The first-order valence-electron chi connectivity index (χ1n) is 5.69. The average Bonchev–Trinajstić information content (AvgIpc) is 2.82. The molecule has 0 amide bonds. The van der Waals surface area contributed by atoms with Gasteiger partial charge in [0.2, 0.25) is 0 Å². The van der Waals surface area contributed by atoms with E-state index in [9.17, 15) is 0 Å². The second kappa shape index (κ2) is 4.43. The molecule has 1 aliphatic rings. The summed E-state index contributed by atoms with van der Waals surface area (Å²) in [5.41, 5.74) is 9.42. The first-order valence-corrected chi connectivity index (χ1v) is 6.46. The van der Waals surface area contributed by atoms with E-state index >= 15 is 0 Å². The summed E-state index contributed by atoms with van der Waals surface area (Å²) in [6.07, 6.45) is 0. The van der Waals surface area contributed by atoms with Crippen LogP contribution in [0.25, 0.3) is 0 Å². The molecule has 0 aromatic heterocycles. The molecule has 0 saturated heterocycles. The Labute approximate surface area is 106 Å². The Bertz CT molecular complexity index is 497. The van der Waals surface area contributed by atoms with Crippen LogP contribution < -0.4 is 10.0 Å². The van der Waals surface area contributed by atoms with Crippen LogP contribution in [0.15, 0.2) is 53.4 Å². The molecule has 86 valence electrons.